The van der Waals surface area contributed by atoms with E-state index in [9.17, 15) is 9.18 Å². The van der Waals surface area contributed by atoms with Crippen LogP contribution in [0.1, 0.15) is 26.2 Å². The molecule has 0 aliphatic carbocycles. The van der Waals surface area contributed by atoms with Crippen LogP contribution in [-0.2, 0) is 16.1 Å². The van der Waals surface area contributed by atoms with Crippen molar-refractivity contribution in [1.29, 1.82) is 0 Å². The van der Waals surface area contributed by atoms with Gasteiger partial charge in [-0.2, -0.15) is 0 Å². The zero-order valence-corrected chi connectivity index (χ0v) is 20.9. The van der Waals surface area contributed by atoms with Gasteiger partial charge in [-0.05, 0) is 50.1 Å². The Morgan fingerprint density at radius 2 is 1.73 bits per heavy atom. The van der Waals surface area contributed by atoms with Crippen molar-refractivity contribution in [1.82, 2.24) is 19.5 Å². The van der Waals surface area contributed by atoms with Crippen LogP contribution in [0.15, 0.2) is 97.5 Å². The van der Waals surface area contributed by atoms with Crippen molar-refractivity contribution in [3.05, 3.63) is 103 Å². The first-order valence-corrected chi connectivity index (χ1v) is 12.1. The molecule has 0 amide bonds. The third kappa shape index (κ3) is 6.44. The number of halogens is 1. The molecular formula is C30H29FN4O2. The molecular weight excluding hydrogens is 467 g/mol. The first-order valence-electron chi connectivity index (χ1n) is 12.1. The van der Waals surface area contributed by atoms with Crippen molar-refractivity contribution in [2.24, 2.45) is 0 Å². The number of carbonyl (C=O) groups excluding carboxylic acids is 1. The zero-order valence-electron chi connectivity index (χ0n) is 20.9. The Bertz CT molecular complexity index is 1380. The molecule has 0 atom stereocenters. The van der Waals surface area contributed by atoms with Crippen molar-refractivity contribution in [2.45, 2.75) is 32.7 Å². The summed E-state index contributed by atoms with van der Waals surface area (Å²) in [4.78, 5) is 25.3. The van der Waals surface area contributed by atoms with Gasteiger partial charge in [0.15, 0.2) is 0 Å². The molecule has 2 heterocycles. The van der Waals surface area contributed by atoms with Gasteiger partial charge in [-0.1, -0.05) is 54.6 Å². The zero-order chi connectivity index (χ0) is 26.2. The molecule has 0 saturated carbocycles. The van der Waals surface area contributed by atoms with E-state index >= 15 is 0 Å². The summed E-state index contributed by atoms with van der Waals surface area (Å²) < 4.78 is 21.0. The molecule has 0 unspecified atom stereocenters. The Morgan fingerprint density at radius 1 is 0.973 bits per heavy atom. The lowest BCUT2D eigenvalue weighted by molar-refractivity contribution is -0.142. The number of rotatable bonds is 11. The van der Waals surface area contributed by atoms with Crippen molar-refractivity contribution in [3.63, 3.8) is 0 Å². The molecule has 0 bridgehead atoms. The number of allylic oxidation sites excluding steroid dienone is 1. The van der Waals surface area contributed by atoms with Crippen LogP contribution in [0.25, 0.3) is 34.0 Å². The monoisotopic (exact) mass is 496 g/mol. The summed E-state index contributed by atoms with van der Waals surface area (Å²) >= 11 is 0. The summed E-state index contributed by atoms with van der Waals surface area (Å²) in [7, 11) is 0. The van der Waals surface area contributed by atoms with Gasteiger partial charge in [0.05, 0.1) is 24.4 Å². The number of hydrogen-bond acceptors (Lipinski definition) is 5. The number of nitrogens with zero attached hydrogens (tertiary/aromatic N) is 4. The summed E-state index contributed by atoms with van der Waals surface area (Å²) in [6, 6.07) is 18.1. The van der Waals surface area contributed by atoms with Gasteiger partial charge < -0.3 is 9.30 Å². The Balaban J connectivity index is 1.72. The van der Waals surface area contributed by atoms with Gasteiger partial charge in [-0.25, -0.2) is 19.3 Å². The maximum atomic E-state index is 13.8. The van der Waals surface area contributed by atoms with Gasteiger partial charge in [-0.15, -0.1) is 0 Å². The molecule has 7 heteroatoms. The standard InChI is InChI=1S/C30H29FN4O2/c1-4-37-27(36)19-22(3)18-21(2)15-17-35-29(23-10-12-25(31)13-11-23)28(26-14-16-32-20-33-26)34-30(35)24-8-6-5-7-9-24/h5-14,16,20H,2-4,15,17-19H2,1H3. The molecule has 6 nitrogen and oxygen atoms in total. The highest BCUT2D eigenvalue weighted by Gasteiger charge is 2.22. The van der Waals surface area contributed by atoms with E-state index in [2.05, 4.69) is 27.7 Å². The van der Waals surface area contributed by atoms with Gasteiger partial charge in [-0.3, -0.25) is 4.79 Å². The minimum absolute atomic E-state index is 0.173. The lowest BCUT2D eigenvalue weighted by atomic mass is 10.0. The number of ether oxygens (including phenoxy) is 1. The maximum absolute atomic E-state index is 13.8. The minimum atomic E-state index is -0.310. The van der Waals surface area contributed by atoms with Gasteiger partial charge in [0.2, 0.25) is 0 Å². The first kappa shape index (κ1) is 25.7. The summed E-state index contributed by atoms with van der Waals surface area (Å²) in [5.41, 5.74) is 5.66. The molecule has 0 aliphatic rings. The summed E-state index contributed by atoms with van der Waals surface area (Å²) in [5, 5.41) is 0. The molecule has 4 aromatic rings. The molecule has 0 N–H and O–H groups in total. The maximum Gasteiger partial charge on any atom is 0.309 e. The number of benzene rings is 2. The summed E-state index contributed by atoms with van der Waals surface area (Å²) in [6.07, 6.45) is 4.50. The highest BCUT2D eigenvalue weighted by atomic mass is 19.1. The molecule has 188 valence electrons. The van der Waals surface area contributed by atoms with Crippen LogP contribution in [-0.4, -0.2) is 32.1 Å². The van der Waals surface area contributed by atoms with E-state index in [0.29, 0.717) is 37.4 Å². The smallest absolute Gasteiger partial charge is 0.309 e. The van der Waals surface area contributed by atoms with E-state index < -0.39 is 0 Å². The van der Waals surface area contributed by atoms with Crippen molar-refractivity contribution < 1.29 is 13.9 Å². The Morgan fingerprint density at radius 3 is 2.41 bits per heavy atom. The van der Waals surface area contributed by atoms with E-state index in [-0.39, 0.29) is 18.2 Å². The van der Waals surface area contributed by atoms with Crippen LogP contribution in [0.3, 0.4) is 0 Å². The Labute approximate surface area is 216 Å². The first-order chi connectivity index (χ1) is 18.0. The largest absolute Gasteiger partial charge is 0.466 e. The summed E-state index contributed by atoms with van der Waals surface area (Å²) in [5.74, 6) is 0.177. The molecule has 0 saturated heterocycles. The van der Waals surface area contributed by atoms with Crippen LogP contribution in [0.2, 0.25) is 0 Å². The van der Waals surface area contributed by atoms with Crippen molar-refractivity contribution >= 4 is 5.97 Å². The van der Waals surface area contributed by atoms with Crippen molar-refractivity contribution in [3.8, 4) is 34.0 Å². The van der Waals surface area contributed by atoms with Gasteiger partial charge in [0, 0.05) is 23.9 Å². The molecule has 37 heavy (non-hydrogen) atoms. The van der Waals surface area contributed by atoms with E-state index in [4.69, 9.17) is 9.72 Å². The Hall–Kier alpha value is -4.39. The number of hydrogen-bond donors (Lipinski definition) is 0. The molecule has 2 aromatic carbocycles. The number of esters is 1. The van der Waals surface area contributed by atoms with E-state index in [0.717, 1.165) is 33.8 Å². The highest BCUT2D eigenvalue weighted by Crippen LogP contribution is 2.36. The lowest BCUT2D eigenvalue weighted by Gasteiger charge is -2.15. The lowest BCUT2D eigenvalue weighted by Crippen LogP contribution is -2.07. The van der Waals surface area contributed by atoms with Gasteiger partial charge in [0.1, 0.15) is 23.7 Å². The topological polar surface area (TPSA) is 69.9 Å². The fourth-order valence-electron chi connectivity index (χ4n) is 4.18. The third-order valence-corrected chi connectivity index (χ3v) is 5.83. The van der Waals surface area contributed by atoms with Crippen LogP contribution in [0, 0.1) is 5.82 Å². The van der Waals surface area contributed by atoms with Crippen molar-refractivity contribution in [2.75, 3.05) is 6.61 Å². The highest BCUT2D eigenvalue weighted by molar-refractivity contribution is 5.80. The van der Waals surface area contributed by atoms with Crippen LogP contribution in [0.5, 0.6) is 0 Å². The van der Waals surface area contributed by atoms with E-state index in [1.54, 1.807) is 25.3 Å². The molecule has 0 fully saturated rings. The summed E-state index contributed by atoms with van der Waals surface area (Å²) in [6.45, 7) is 10.9. The van der Waals surface area contributed by atoms with Crippen LogP contribution in [0.4, 0.5) is 4.39 Å². The fraction of sp³-hybridized carbons (Fsp3) is 0.200. The number of aromatic nitrogens is 4. The average Bonchev–Trinajstić information content (AvgIpc) is 3.28. The number of carbonyl (C=O) groups is 1. The number of imidazole rings is 1. The quantitative estimate of drug-likeness (QED) is 0.172. The van der Waals surface area contributed by atoms with E-state index in [1.165, 1.54) is 18.5 Å². The average molecular weight is 497 g/mol. The molecule has 0 aliphatic heterocycles. The second-order valence-electron chi connectivity index (χ2n) is 8.66. The predicted octanol–water partition coefficient (Wildman–Crippen LogP) is 6.66. The fourth-order valence-corrected chi connectivity index (χ4v) is 4.18. The molecule has 2 aromatic heterocycles. The van der Waals surface area contributed by atoms with Gasteiger partial charge >= 0.3 is 5.97 Å². The third-order valence-electron chi connectivity index (χ3n) is 5.83. The Kier molecular flexibility index (Phi) is 8.36. The van der Waals surface area contributed by atoms with E-state index in [1.807, 2.05) is 36.4 Å². The van der Waals surface area contributed by atoms with Crippen LogP contribution < -0.4 is 0 Å². The molecule has 4 rings (SSSR count). The minimum Gasteiger partial charge on any atom is -0.466 e. The molecule has 0 radical (unpaired) electrons. The van der Waals surface area contributed by atoms with Gasteiger partial charge in [0.25, 0.3) is 0 Å². The second kappa shape index (κ2) is 12.0. The predicted molar refractivity (Wildman–Crippen MR) is 143 cm³/mol. The normalized spacial score (nSPS) is 10.8. The molecule has 0 spiro atoms. The SMILES string of the molecule is C=C(CCn1c(-c2ccccc2)nc(-c2ccncn2)c1-c1ccc(F)cc1)CC(=C)CC(=O)OCC. The van der Waals surface area contributed by atoms with Crippen LogP contribution >= 0.6 is 0 Å². The second-order valence-corrected chi connectivity index (χ2v) is 8.66.